The third-order valence-corrected chi connectivity index (χ3v) is 3.96. The number of amides is 1. The van der Waals surface area contributed by atoms with Crippen LogP contribution in [0.3, 0.4) is 0 Å². The minimum atomic E-state index is -0.714. The van der Waals surface area contributed by atoms with Gasteiger partial charge in [-0.1, -0.05) is 11.6 Å². The normalized spacial score (nSPS) is 10.4. The zero-order valence-electron chi connectivity index (χ0n) is 15.7. The molecule has 1 aromatic carbocycles. The third kappa shape index (κ3) is 5.13. The van der Waals surface area contributed by atoms with E-state index in [4.69, 9.17) is 25.8 Å². The van der Waals surface area contributed by atoms with E-state index in [2.05, 4.69) is 10.4 Å². The van der Waals surface area contributed by atoms with E-state index in [1.54, 1.807) is 32.2 Å². The van der Waals surface area contributed by atoms with E-state index in [-0.39, 0.29) is 10.7 Å². The van der Waals surface area contributed by atoms with Crippen LogP contribution in [0.2, 0.25) is 5.15 Å². The van der Waals surface area contributed by atoms with Crippen LogP contribution >= 0.6 is 11.6 Å². The number of nitrogens with one attached hydrogen (secondary N) is 1. The highest BCUT2D eigenvalue weighted by molar-refractivity contribution is 6.32. The summed E-state index contributed by atoms with van der Waals surface area (Å²) in [5.41, 5.74) is 0.996. The lowest BCUT2D eigenvalue weighted by molar-refractivity contribution is -0.119. The largest absolute Gasteiger partial charge is 0.494 e. The first-order valence-corrected chi connectivity index (χ1v) is 8.80. The first kappa shape index (κ1) is 20.6. The van der Waals surface area contributed by atoms with E-state index < -0.39 is 18.5 Å². The Morgan fingerprint density at radius 1 is 1.22 bits per heavy atom. The molecule has 27 heavy (non-hydrogen) atoms. The van der Waals surface area contributed by atoms with Crippen molar-refractivity contribution in [2.75, 3.05) is 25.1 Å². The Bertz CT molecular complexity index is 835. The van der Waals surface area contributed by atoms with Gasteiger partial charge in [-0.3, -0.25) is 9.48 Å². The molecule has 0 aliphatic carbocycles. The molecule has 0 saturated heterocycles. The predicted octanol–water partition coefficient (Wildman–Crippen LogP) is 2.97. The topological polar surface area (TPSA) is 91.7 Å². The number of anilines is 1. The average molecular weight is 396 g/mol. The van der Waals surface area contributed by atoms with Crippen molar-refractivity contribution in [2.24, 2.45) is 7.05 Å². The smallest absolute Gasteiger partial charge is 0.343 e. The number of esters is 1. The monoisotopic (exact) mass is 395 g/mol. The number of halogens is 1. The van der Waals surface area contributed by atoms with E-state index in [9.17, 15) is 9.59 Å². The lowest BCUT2D eigenvalue weighted by Gasteiger charge is -2.13. The molecule has 0 bridgehead atoms. The second-order valence-electron chi connectivity index (χ2n) is 5.52. The number of hydrogen-bond donors (Lipinski definition) is 1. The van der Waals surface area contributed by atoms with Crippen molar-refractivity contribution in [3.05, 3.63) is 34.6 Å². The molecule has 0 atom stereocenters. The van der Waals surface area contributed by atoms with Gasteiger partial charge in [0.1, 0.15) is 22.2 Å². The van der Waals surface area contributed by atoms with Gasteiger partial charge in [-0.25, -0.2) is 4.79 Å². The third-order valence-electron chi connectivity index (χ3n) is 3.53. The quantitative estimate of drug-likeness (QED) is 0.691. The van der Waals surface area contributed by atoms with Crippen LogP contribution < -0.4 is 14.8 Å². The molecular formula is C18H22ClN3O5. The van der Waals surface area contributed by atoms with Crippen LogP contribution in [0, 0.1) is 6.92 Å². The average Bonchev–Trinajstić information content (AvgIpc) is 2.87. The summed E-state index contributed by atoms with van der Waals surface area (Å²) in [7, 11) is 1.61. The van der Waals surface area contributed by atoms with E-state index in [1.165, 1.54) is 4.68 Å². The standard InChI is InChI=1S/C18H22ClN3O5/c1-5-25-12-7-8-14(26-6-2)13(9-12)20-15(23)10-27-18(24)16-11(3)21-22(4)17(16)19/h7-9H,5-6,10H2,1-4H3,(H,20,23). The van der Waals surface area contributed by atoms with Gasteiger partial charge in [0.05, 0.1) is 24.6 Å². The van der Waals surface area contributed by atoms with E-state index in [0.29, 0.717) is 36.1 Å². The van der Waals surface area contributed by atoms with Crippen molar-refractivity contribution in [1.29, 1.82) is 0 Å². The van der Waals surface area contributed by atoms with Gasteiger partial charge in [0, 0.05) is 13.1 Å². The fourth-order valence-corrected chi connectivity index (χ4v) is 2.65. The van der Waals surface area contributed by atoms with Crippen LogP contribution in [0.25, 0.3) is 0 Å². The number of aryl methyl sites for hydroxylation is 2. The van der Waals surface area contributed by atoms with Gasteiger partial charge in [-0.15, -0.1) is 0 Å². The molecule has 2 rings (SSSR count). The molecule has 0 aliphatic heterocycles. The Labute approximate surface area is 162 Å². The number of benzene rings is 1. The maximum absolute atomic E-state index is 12.2. The Kier molecular flexibility index (Phi) is 7.06. The van der Waals surface area contributed by atoms with Crippen molar-refractivity contribution in [3.63, 3.8) is 0 Å². The van der Waals surface area contributed by atoms with Gasteiger partial charge in [0.25, 0.3) is 5.91 Å². The summed E-state index contributed by atoms with van der Waals surface area (Å²) in [4.78, 5) is 24.4. The molecule has 146 valence electrons. The summed E-state index contributed by atoms with van der Waals surface area (Å²) in [6, 6.07) is 5.10. The first-order chi connectivity index (χ1) is 12.9. The summed E-state index contributed by atoms with van der Waals surface area (Å²) in [5.74, 6) is -0.151. The maximum atomic E-state index is 12.2. The number of aromatic nitrogens is 2. The molecule has 9 heteroatoms. The van der Waals surface area contributed by atoms with Crippen molar-refractivity contribution in [3.8, 4) is 11.5 Å². The Morgan fingerprint density at radius 3 is 2.52 bits per heavy atom. The maximum Gasteiger partial charge on any atom is 0.343 e. The molecule has 0 fully saturated rings. The van der Waals surface area contributed by atoms with Crippen LogP contribution in [0.4, 0.5) is 5.69 Å². The summed E-state index contributed by atoms with van der Waals surface area (Å²) in [6.07, 6.45) is 0. The molecule has 0 unspecified atom stereocenters. The zero-order chi connectivity index (χ0) is 20.0. The Morgan fingerprint density at radius 2 is 1.93 bits per heavy atom. The lowest BCUT2D eigenvalue weighted by atomic mass is 10.2. The SMILES string of the molecule is CCOc1ccc(OCC)c(NC(=O)COC(=O)c2c(C)nn(C)c2Cl)c1. The number of nitrogens with zero attached hydrogens (tertiary/aromatic N) is 2. The molecule has 1 heterocycles. The van der Waals surface area contributed by atoms with Crippen molar-refractivity contribution in [1.82, 2.24) is 9.78 Å². The molecule has 2 aromatic rings. The van der Waals surface area contributed by atoms with Gasteiger partial charge < -0.3 is 19.5 Å². The number of ether oxygens (including phenoxy) is 3. The second-order valence-corrected chi connectivity index (χ2v) is 5.88. The summed E-state index contributed by atoms with van der Waals surface area (Å²) in [5, 5.41) is 6.85. The van der Waals surface area contributed by atoms with Gasteiger partial charge >= 0.3 is 5.97 Å². The molecular weight excluding hydrogens is 374 g/mol. The first-order valence-electron chi connectivity index (χ1n) is 8.43. The van der Waals surface area contributed by atoms with E-state index in [0.717, 1.165) is 0 Å². The van der Waals surface area contributed by atoms with Gasteiger partial charge in [0.2, 0.25) is 0 Å². The van der Waals surface area contributed by atoms with Gasteiger partial charge in [-0.05, 0) is 32.9 Å². The van der Waals surface area contributed by atoms with Gasteiger partial charge in [-0.2, -0.15) is 5.10 Å². The van der Waals surface area contributed by atoms with E-state index >= 15 is 0 Å². The number of carbonyl (C=O) groups is 2. The highest BCUT2D eigenvalue weighted by Gasteiger charge is 2.21. The fraction of sp³-hybridized carbons (Fsp3) is 0.389. The van der Waals surface area contributed by atoms with Gasteiger partial charge in [0.15, 0.2) is 6.61 Å². The van der Waals surface area contributed by atoms with Crippen LogP contribution in [-0.2, 0) is 16.6 Å². The molecule has 0 spiro atoms. The summed E-state index contributed by atoms with van der Waals surface area (Å²) in [6.45, 7) is 5.78. The minimum absolute atomic E-state index is 0.139. The highest BCUT2D eigenvalue weighted by atomic mass is 35.5. The molecule has 0 saturated carbocycles. The van der Waals surface area contributed by atoms with Crippen molar-refractivity contribution in [2.45, 2.75) is 20.8 Å². The number of carbonyl (C=O) groups excluding carboxylic acids is 2. The molecule has 0 radical (unpaired) electrons. The van der Waals surface area contributed by atoms with Crippen molar-refractivity contribution < 1.29 is 23.8 Å². The number of rotatable bonds is 8. The minimum Gasteiger partial charge on any atom is -0.494 e. The fourth-order valence-electron chi connectivity index (χ4n) is 2.40. The highest BCUT2D eigenvalue weighted by Crippen LogP contribution is 2.29. The Balaban J connectivity index is 2.04. The molecule has 8 nitrogen and oxygen atoms in total. The molecule has 1 aromatic heterocycles. The molecule has 1 amide bonds. The summed E-state index contributed by atoms with van der Waals surface area (Å²) >= 11 is 6.03. The van der Waals surface area contributed by atoms with Crippen LogP contribution in [0.5, 0.6) is 11.5 Å². The lowest BCUT2D eigenvalue weighted by Crippen LogP contribution is -2.21. The predicted molar refractivity (Wildman–Crippen MR) is 101 cm³/mol. The van der Waals surface area contributed by atoms with Crippen LogP contribution in [0.1, 0.15) is 29.9 Å². The zero-order valence-corrected chi connectivity index (χ0v) is 16.4. The Hall–Kier alpha value is -2.74. The van der Waals surface area contributed by atoms with E-state index in [1.807, 2.05) is 13.8 Å². The molecule has 1 N–H and O–H groups in total. The summed E-state index contributed by atoms with van der Waals surface area (Å²) < 4.78 is 17.3. The molecule has 0 aliphatic rings. The van der Waals surface area contributed by atoms with Crippen LogP contribution in [-0.4, -0.2) is 41.5 Å². The van der Waals surface area contributed by atoms with Crippen LogP contribution in [0.15, 0.2) is 18.2 Å². The second kappa shape index (κ2) is 9.27. The van der Waals surface area contributed by atoms with Crippen molar-refractivity contribution >= 4 is 29.2 Å². The number of hydrogen-bond acceptors (Lipinski definition) is 6.